The summed E-state index contributed by atoms with van der Waals surface area (Å²) in [6.07, 6.45) is 1.65. The molecule has 0 spiro atoms. The van der Waals surface area contributed by atoms with E-state index in [1.54, 1.807) is 0 Å². The van der Waals surface area contributed by atoms with Gasteiger partial charge in [0.25, 0.3) is 0 Å². The molecule has 0 aromatic rings. The van der Waals surface area contributed by atoms with Gasteiger partial charge in [-0.3, -0.25) is 0 Å². The van der Waals surface area contributed by atoms with Crippen LogP contribution in [-0.4, -0.2) is 24.6 Å². The van der Waals surface area contributed by atoms with E-state index in [2.05, 4.69) is 39.1 Å². The molecule has 0 radical (unpaired) electrons. The lowest BCUT2D eigenvalue weighted by molar-refractivity contribution is 0.322. The third-order valence-electron chi connectivity index (χ3n) is 2.39. The number of rotatable bonds is 9. The molecule has 0 aromatic heterocycles. The lowest BCUT2D eigenvalue weighted by atomic mass is 9.88. The largest absolute Gasteiger partial charge is 0.315 e. The Hall–Kier alpha value is -0.200. The van der Waals surface area contributed by atoms with Gasteiger partial charge < -0.3 is 5.32 Å². The summed E-state index contributed by atoms with van der Waals surface area (Å²) in [5, 5.41) is 12.0. The van der Waals surface area contributed by atoms with E-state index in [1.165, 1.54) is 11.5 Å². The topological polar surface area (TPSA) is 35.8 Å². The number of nitriles is 1. The Kier molecular flexibility index (Phi) is 8.78. The molecule has 16 heavy (non-hydrogen) atoms. The first-order chi connectivity index (χ1) is 7.48. The van der Waals surface area contributed by atoms with Crippen LogP contribution in [0.15, 0.2) is 0 Å². The highest BCUT2D eigenvalue weighted by molar-refractivity contribution is 7.99. The van der Waals surface area contributed by atoms with Crippen molar-refractivity contribution in [1.29, 1.82) is 5.26 Å². The van der Waals surface area contributed by atoms with Gasteiger partial charge in [-0.1, -0.05) is 27.7 Å². The zero-order chi connectivity index (χ0) is 12.4. The second kappa shape index (κ2) is 8.90. The monoisotopic (exact) mass is 242 g/mol. The molecule has 0 fully saturated rings. The average molecular weight is 242 g/mol. The molecule has 3 heteroatoms. The maximum atomic E-state index is 8.55. The van der Waals surface area contributed by atoms with E-state index in [0.717, 1.165) is 25.4 Å². The van der Waals surface area contributed by atoms with Gasteiger partial charge >= 0.3 is 0 Å². The lowest BCUT2D eigenvalue weighted by Crippen LogP contribution is -2.30. The normalized spacial score (nSPS) is 11.8. The molecule has 0 aromatic carbocycles. The van der Waals surface area contributed by atoms with Gasteiger partial charge in [0.15, 0.2) is 0 Å². The summed E-state index contributed by atoms with van der Waals surface area (Å²) in [4.78, 5) is 0. The maximum absolute atomic E-state index is 8.55. The van der Waals surface area contributed by atoms with Crippen molar-refractivity contribution in [2.45, 2.75) is 40.5 Å². The standard InChI is InChI=1S/C13H26N2S/c1-12(2)10-16-9-8-15-11-13(3,4)6-5-7-14/h12,15H,5-6,8-11H2,1-4H3. The molecule has 0 atom stereocenters. The molecule has 1 N–H and O–H groups in total. The van der Waals surface area contributed by atoms with Crippen molar-refractivity contribution in [1.82, 2.24) is 5.32 Å². The van der Waals surface area contributed by atoms with Crippen LogP contribution in [0.3, 0.4) is 0 Å². The van der Waals surface area contributed by atoms with Gasteiger partial charge in [0.1, 0.15) is 0 Å². The van der Waals surface area contributed by atoms with Crippen molar-refractivity contribution >= 4 is 11.8 Å². The van der Waals surface area contributed by atoms with Gasteiger partial charge in [-0.2, -0.15) is 17.0 Å². The van der Waals surface area contributed by atoms with Gasteiger partial charge in [-0.25, -0.2) is 0 Å². The number of hydrogen-bond donors (Lipinski definition) is 1. The Bertz CT molecular complexity index is 206. The Morgan fingerprint density at radius 2 is 2.06 bits per heavy atom. The molecule has 2 nitrogen and oxygen atoms in total. The van der Waals surface area contributed by atoms with Crippen LogP contribution in [0.1, 0.15) is 40.5 Å². The Balaban J connectivity index is 3.40. The molecule has 0 aliphatic carbocycles. The number of hydrogen-bond acceptors (Lipinski definition) is 3. The molecule has 0 aliphatic rings. The van der Waals surface area contributed by atoms with E-state index in [4.69, 9.17) is 5.26 Å². The van der Waals surface area contributed by atoms with E-state index in [9.17, 15) is 0 Å². The Morgan fingerprint density at radius 1 is 1.38 bits per heavy atom. The van der Waals surface area contributed by atoms with Crippen molar-refractivity contribution in [2.24, 2.45) is 11.3 Å². The number of nitrogens with one attached hydrogen (secondary N) is 1. The first-order valence-electron chi connectivity index (χ1n) is 6.13. The van der Waals surface area contributed by atoms with Crippen molar-refractivity contribution in [3.05, 3.63) is 0 Å². The van der Waals surface area contributed by atoms with Crippen molar-refractivity contribution in [2.75, 3.05) is 24.6 Å². The van der Waals surface area contributed by atoms with Gasteiger partial charge in [0.2, 0.25) is 0 Å². The zero-order valence-corrected chi connectivity index (χ0v) is 12.0. The fourth-order valence-corrected chi connectivity index (χ4v) is 2.30. The number of thioether (sulfide) groups is 1. The predicted molar refractivity (Wildman–Crippen MR) is 73.7 cm³/mol. The lowest BCUT2D eigenvalue weighted by Gasteiger charge is -2.23. The predicted octanol–water partition coefficient (Wildman–Crippen LogP) is 3.30. The third kappa shape index (κ3) is 10.3. The van der Waals surface area contributed by atoms with Crippen LogP contribution in [0.5, 0.6) is 0 Å². The van der Waals surface area contributed by atoms with E-state index in [0.29, 0.717) is 6.42 Å². The van der Waals surface area contributed by atoms with Crippen LogP contribution in [0.2, 0.25) is 0 Å². The summed E-state index contributed by atoms with van der Waals surface area (Å²) >= 11 is 2.01. The molecular weight excluding hydrogens is 216 g/mol. The van der Waals surface area contributed by atoms with Crippen LogP contribution in [-0.2, 0) is 0 Å². The smallest absolute Gasteiger partial charge is 0.0621 e. The second-order valence-corrected chi connectivity index (χ2v) is 6.62. The second-order valence-electron chi connectivity index (χ2n) is 5.47. The molecular formula is C13H26N2S. The molecule has 0 amide bonds. The molecule has 0 aliphatic heterocycles. The third-order valence-corrected chi connectivity index (χ3v) is 3.79. The molecule has 0 unspecified atom stereocenters. The summed E-state index contributed by atoms with van der Waals surface area (Å²) in [7, 11) is 0. The quantitative estimate of drug-likeness (QED) is 0.630. The van der Waals surface area contributed by atoms with Gasteiger partial charge in [-0.05, 0) is 23.5 Å². The zero-order valence-electron chi connectivity index (χ0n) is 11.2. The van der Waals surface area contributed by atoms with Gasteiger partial charge in [0.05, 0.1) is 6.07 Å². The first-order valence-corrected chi connectivity index (χ1v) is 7.29. The summed E-state index contributed by atoms with van der Waals surface area (Å²) in [6, 6.07) is 2.22. The minimum absolute atomic E-state index is 0.248. The molecule has 0 saturated carbocycles. The highest BCUT2D eigenvalue weighted by Crippen LogP contribution is 2.20. The van der Waals surface area contributed by atoms with Crippen LogP contribution >= 0.6 is 11.8 Å². The van der Waals surface area contributed by atoms with Gasteiger partial charge in [-0.15, -0.1) is 0 Å². The summed E-state index contributed by atoms with van der Waals surface area (Å²) in [5.74, 6) is 3.23. The van der Waals surface area contributed by atoms with Gasteiger partial charge in [0, 0.05) is 25.3 Å². The molecule has 0 bridgehead atoms. The molecule has 0 rings (SSSR count). The minimum Gasteiger partial charge on any atom is -0.315 e. The van der Waals surface area contributed by atoms with Crippen LogP contribution < -0.4 is 5.32 Å². The molecule has 0 heterocycles. The molecule has 94 valence electrons. The highest BCUT2D eigenvalue weighted by atomic mass is 32.2. The summed E-state index contributed by atoms with van der Waals surface area (Å²) < 4.78 is 0. The number of nitrogens with zero attached hydrogens (tertiary/aromatic N) is 1. The fraction of sp³-hybridized carbons (Fsp3) is 0.923. The summed E-state index contributed by atoms with van der Waals surface area (Å²) in [5.41, 5.74) is 0.248. The van der Waals surface area contributed by atoms with Crippen LogP contribution in [0.25, 0.3) is 0 Å². The van der Waals surface area contributed by atoms with Crippen molar-refractivity contribution < 1.29 is 0 Å². The summed E-state index contributed by atoms with van der Waals surface area (Å²) in [6.45, 7) is 11.0. The van der Waals surface area contributed by atoms with E-state index in [-0.39, 0.29) is 5.41 Å². The Labute approximate surface area is 105 Å². The average Bonchev–Trinajstić information content (AvgIpc) is 2.20. The van der Waals surface area contributed by atoms with Crippen LogP contribution in [0, 0.1) is 22.7 Å². The van der Waals surface area contributed by atoms with E-state index < -0.39 is 0 Å². The Morgan fingerprint density at radius 3 is 2.62 bits per heavy atom. The minimum atomic E-state index is 0.248. The van der Waals surface area contributed by atoms with Crippen LogP contribution in [0.4, 0.5) is 0 Å². The van der Waals surface area contributed by atoms with Crippen molar-refractivity contribution in [3.63, 3.8) is 0 Å². The molecule has 0 saturated heterocycles. The van der Waals surface area contributed by atoms with Crippen molar-refractivity contribution in [3.8, 4) is 6.07 Å². The first kappa shape index (κ1) is 15.8. The maximum Gasteiger partial charge on any atom is 0.0621 e. The SMILES string of the molecule is CC(C)CSCCNCC(C)(C)CCC#N. The fourth-order valence-electron chi connectivity index (χ4n) is 1.37. The van der Waals surface area contributed by atoms with E-state index in [1.807, 2.05) is 11.8 Å². The van der Waals surface area contributed by atoms with E-state index >= 15 is 0 Å². The highest BCUT2D eigenvalue weighted by Gasteiger charge is 2.16.